The van der Waals surface area contributed by atoms with E-state index >= 15 is 0 Å². The number of aromatic nitrogens is 2. The molecular weight excluding hydrogens is 204 g/mol. The molecule has 5 heteroatoms. The van der Waals surface area contributed by atoms with Crippen molar-refractivity contribution in [2.24, 2.45) is 0 Å². The third kappa shape index (κ3) is 4.02. The molecule has 0 fully saturated rings. The molecule has 90 valence electrons. The molecule has 5 nitrogen and oxygen atoms in total. The van der Waals surface area contributed by atoms with Crippen LogP contribution in [-0.4, -0.2) is 48.6 Å². The fraction of sp³-hybridized carbons (Fsp3) is 0.636. The minimum absolute atomic E-state index is 0.101. The van der Waals surface area contributed by atoms with Crippen molar-refractivity contribution in [2.45, 2.75) is 13.3 Å². The van der Waals surface area contributed by atoms with E-state index in [1.165, 1.54) is 6.33 Å². The summed E-state index contributed by atoms with van der Waals surface area (Å²) in [5.74, 6) is 0.757. The van der Waals surface area contributed by atoms with Gasteiger partial charge in [0, 0.05) is 25.7 Å². The van der Waals surface area contributed by atoms with Gasteiger partial charge < -0.3 is 14.8 Å². The number of nitrogens with one attached hydrogen (secondary N) is 1. The quantitative estimate of drug-likeness (QED) is 0.766. The van der Waals surface area contributed by atoms with E-state index in [-0.39, 0.29) is 5.56 Å². The number of likely N-dealkylation sites (N-methyl/N-ethyl adjacent to an activating group) is 1. The molecule has 0 bridgehead atoms. The summed E-state index contributed by atoms with van der Waals surface area (Å²) in [5, 5.41) is 0. The first-order valence-corrected chi connectivity index (χ1v) is 5.58. The highest BCUT2D eigenvalue weighted by atomic mass is 16.1. The van der Waals surface area contributed by atoms with Gasteiger partial charge in [0.15, 0.2) is 0 Å². The Bertz CT molecular complexity index is 361. The molecule has 0 aromatic carbocycles. The summed E-state index contributed by atoms with van der Waals surface area (Å²) in [6, 6.07) is 1.55. The number of nitrogens with zero attached hydrogens (tertiary/aromatic N) is 3. The Hall–Kier alpha value is -1.36. The molecule has 0 spiro atoms. The van der Waals surface area contributed by atoms with Crippen LogP contribution in [0.25, 0.3) is 0 Å². The van der Waals surface area contributed by atoms with Crippen molar-refractivity contribution in [3.63, 3.8) is 0 Å². The molecule has 1 aromatic rings. The second kappa shape index (κ2) is 6.27. The largest absolute Gasteiger partial charge is 0.355 e. The van der Waals surface area contributed by atoms with E-state index in [2.05, 4.69) is 26.7 Å². The number of hydrogen-bond donors (Lipinski definition) is 1. The summed E-state index contributed by atoms with van der Waals surface area (Å²) in [5.41, 5.74) is -0.101. The lowest BCUT2D eigenvalue weighted by atomic mass is 10.3. The Morgan fingerprint density at radius 2 is 2.06 bits per heavy atom. The Labute approximate surface area is 96.1 Å². The first-order valence-electron chi connectivity index (χ1n) is 5.58. The fourth-order valence-corrected chi connectivity index (χ4v) is 1.46. The van der Waals surface area contributed by atoms with E-state index in [9.17, 15) is 4.79 Å². The molecule has 16 heavy (non-hydrogen) atoms. The highest BCUT2D eigenvalue weighted by Crippen LogP contribution is 2.06. The van der Waals surface area contributed by atoms with Crippen LogP contribution in [0, 0.1) is 0 Å². The van der Waals surface area contributed by atoms with Crippen molar-refractivity contribution in [1.29, 1.82) is 0 Å². The molecule has 1 heterocycles. The molecule has 0 aliphatic heterocycles. The van der Waals surface area contributed by atoms with Gasteiger partial charge in [-0.2, -0.15) is 0 Å². The molecule has 0 saturated heterocycles. The standard InChI is InChI=1S/C11H20N4O/c1-4-5-15(7-6-14(2)3)10-8-11(16)13-9-12-10/h8-9H,4-7H2,1-3H3,(H,12,13,16). The fourth-order valence-electron chi connectivity index (χ4n) is 1.46. The van der Waals surface area contributed by atoms with Gasteiger partial charge in [0.1, 0.15) is 5.82 Å². The zero-order valence-corrected chi connectivity index (χ0v) is 10.2. The third-order valence-corrected chi connectivity index (χ3v) is 2.30. The average molecular weight is 224 g/mol. The maximum Gasteiger partial charge on any atom is 0.252 e. The zero-order valence-electron chi connectivity index (χ0n) is 10.2. The molecule has 0 aliphatic rings. The highest BCUT2D eigenvalue weighted by Gasteiger charge is 2.07. The molecule has 0 atom stereocenters. The van der Waals surface area contributed by atoms with Crippen molar-refractivity contribution in [3.8, 4) is 0 Å². The van der Waals surface area contributed by atoms with Crippen molar-refractivity contribution >= 4 is 5.82 Å². The molecule has 1 aromatic heterocycles. The van der Waals surface area contributed by atoms with Gasteiger partial charge in [-0.25, -0.2) is 4.98 Å². The van der Waals surface area contributed by atoms with Crippen LogP contribution in [0.5, 0.6) is 0 Å². The van der Waals surface area contributed by atoms with Gasteiger partial charge in [-0.15, -0.1) is 0 Å². The summed E-state index contributed by atoms with van der Waals surface area (Å²) in [4.78, 5) is 22.2. The number of aromatic amines is 1. The molecule has 1 N–H and O–H groups in total. The topological polar surface area (TPSA) is 52.2 Å². The lowest BCUT2D eigenvalue weighted by Gasteiger charge is -2.24. The van der Waals surface area contributed by atoms with Crippen LogP contribution in [0.2, 0.25) is 0 Å². The van der Waals surface area contributed by atoms with Gasteiger partial charge in [-0.3, -0.25) is 4.79 Å². The Morgan fingerprint density at radius 1 is 1.31 bits per heavy atom. The maximum absolute atomic E-state index is 11.2. The summed E-state index contributed by atoms with van der Waals surface area (Å²) >= 11 is 0. The Kier molecular flexibility index (Phi) is 4.98. The number of rotatable bonds is 6. The summed E-state index contributed by atoms with van der Waals surface area (Å²) < 4.78 is 0. The molecule has 0 aliphatic carbocycles. The second-order valence-electron chi connectivity index (χ2n) is 4.06. The molecule has 0 amide bonds. The van der Waals surface area contributed by atoms with Gasteiger partial charge in [0.2, 0.25) is 0 Å². The SMILES string of the molecule is CCCN(CCN(C)C)c1cc(=O)[nH]cn1. The Balaban J connectivity index is 2.72. The molecule has 0 unspecified atom stereocenters. The van der Waals surface area contributed by atoms with Gasteiger partial charge in [-0.1, -0.05) is 6.92 Å². The number of anilines is 1. The van der Waals surface area contributed by atoms with E-state index in [1.807, 2.05) is 14.1 Å². The lowest BCUT2D eigenvalue weighted by Crippen LogP contribution is -2.33. The smallest absolute Gasteiger partial charge is 0.252 e. The van der Waals surface area contributed by atoms with Crippen LogP contribution in [0.15, 0.2) is 17.2 Å². The maximum atomic E-state index is 11.2. The average Bonchev–Trinajstić information content (AvgIpc) is 2.24. The predicted molar refractivity (Wildman–Crippen MR) is 65.9 cm³/mol. The molecular formula is C11H20N4O. The molecule has 1 rings (SSSR count). The first-order chi connectivity index (χ1) is 7.63. The summed E-state index contributed by atoms with van der Waals surface area (Å²) in [7, 11) is 4.07. The summed E-state index contributed by atoms with van der Waals surface area (Å²) in [6.07, 6.45) is 2.50. The normalized spacial score (nSPS) is 10.8. The van der Waals surface area contributed by atoms with E-state index in [0.29, 0.717) is 0 Å². The van der Waals surface area contributed by atoms with Crippen LogP contribution >= 0.6 is 0 Å². The zero-order chi connectivity index (χ0) is 12.0. The van der Waals surface area contributed by atoms with Crippen molar-refractivity contribution in [1.82, 2.24) is 14.9 Å². The van der Waals surface area contributed by atoms with Gasteiger partial charge >= 0.3 is 0 Å². The predicted octanol–water partition coefficient (Wildman–Crippen LogP) is 0.548. The van der Waals surface area contributed by atoms with Crippen molar-refractivity contribution in [2.75, 3.05) is 38.6 Å². The summed E-state index contributed by atoms with van der Waals surface area (Å²) in [6.45, 7) is 4.88. The lowest BCUT2D eigenvalue weighted by molar-refractivity contribution is 0.412. The van der Waals surface area contributed by atoms with Crippen LogP contribution in [0.3, 0.4) is 0 Å². The second-order valence-corrected chi connectivity index (χ2v) is 4.06. The van der Waals surface area contributed by atoms with E-state index in [0.717, 1.165) is 31.9 Å². The number of hydrogen-bond acceptors (Lipinski definition) is 4. The number of H-pyrrole nitrogens is 1. The first kappa shape index (κ1) is 12.7. The van der Waals surface area contributed by atoms with Gasteiger partial charge in [-0.05, 0) is 20.5 Å². The monoisotopic (exact) mass is 224 g/mol. The van der Waals surface area contributed by atoms with Crippen LogP contribution in [-0.2, 0) is 0 Å². The van der Waals surface area contributed by atoms with E-state index < -0.39 is 0 Å². The molecule has 0 saturated carbocycles. The minimum atomic E-state index is -0.101. The van der Waals surface area contributed by atoms with Gasteiger partial charge in [0.05, 0.1) is 6.33 Å². The van der Waals surface area contributed by atoms with Crippen molar-refractivity contribution < 1.29 is 0 Å². The van der Waals surface area contributed by atoms with Crippen LogP contribution in [0.4, 0.5) is 5.82 Å². The highest BCUT2D eigenvalue weighted by molar-refractivity contribution is 5.36. The third-order valence-electron chi connectivity index (χ3n) is 2.30. The van der Waals surface area contributed by atoms with Gasteiger partial charge in [0.25, 0.3) is 5.56 Å². The van der Waals surface area contributed by atoms with Crippen molar-refractivity contribution in [3.05, 3.63) is 22.7 Å². The Morgan fingerprint density at radius 3 is 2.62 bits per heavy atom. The minimum Gasteiger partial charge on any atom is -0.355 e. The van der Waals surface area contributed by atoms with Crippen LogP contribution in [0.1, 0.15) is 13.3 Å². The van der Waals surface area contributed by atoms with E-state index in [1.54, 1.807) is 6.07 Å². The van der Waals surface area contributed by atoms with Crippen LogP contribution < -0.4 is 10.5 Å². The van der Waals surface area contributed by atoms with E-state index in [4.69, 9.17) is 0 Å². The molecule has 0 radical (unpaired) electrons.